The first kappa shape index (κ1) is 15.2. The van der Waals surface area contributed by atoms with Gasteiger partial charge >= 0.3 is 5.88 Å². The number of carbonyl (C=O) groups is 1. The molecule has 8 nitrogen and oxygen atoms in total. The zero-order valence-corrected chi connectivity index (χ0v) is 13.0. The fraction of sp³-hybridized carbons (Fsp3) is 0.286. The fourth-order valence-corrected chi connectivity index (χ4v) is 3.72. The molecule has 2 aromatic rings. The molecule has 0 spiro atoms. The summed E-state index contributed by atoms with van der Waals surface area (Å²) >= 11 is 1.35. The van der Waals surface area contributed by atoms with Crippen molar-refractivity contribution in [2.24, 2.45) is 0 Å². The quantitative estimate of drug-likeness (QED) is 0.682. The lowest BCUT2D eigenvalue weighted by Crippen LogP contribution is -2.25. The van der Waals surface area contributed by atoms with E-state index >= 15 is 0 Å². The van der Waals surface area contributed by atoms with Crippen LogP contribution in [-0.4, -0.2) is 29.3 Å². The maximum Gasteiger partial charge on any atom is 0.433 e. The van der Waals surface area contributed by atoms with Crippen molar-refractivity contribution in [3.8, 4) is 6.07 Å². The number of amides is 1. The Morgan fingerprint density at radius 3 is 3.00 bits per heavy atom. The number of hydrogen-bond acceptors (Lipinski definition) is 7. The van der Waals surface area contributed by atoms with Crippen LogP contribution in [0.15, 0.2) is 16.5 Å². The van der Waals surface area contributed by atoms with E-state index in [0.29, 0.717) is 10.6 Å². The van der Waals surface area contributed by atoms with Crippen molar-refractivity contribution in [3.05, 3.63) is 44.0 Å². The van der Waals surface area contributed by atoms with E-state index in [2.05, 4.69) is 16.3 Å². The van der Waals surface area contributed by atoms with Gasteiger partial charge in [-0.25, -0.2) is 0 Å². The first-order valence-electron chi connectivity index (χ1n) is 6.78. The molecule has 1 aliphatic heterocycles. The number of nitriles is 1. The molecular weight excluding hydrogens is 320 g/mol. The Morgan fingerprint density at radius 1 is 1.57 bits per heavy atom. The summed E-state index contributed by atoms with van der Waals surface area (Å²) in [6.07, 6.45) is 0.757. The van der Waals surface area contributed by atoms with Gasteiger partial charge in [-0.1, -0.05) is 0 Å². The summed E-state index contributed by atoms with van der Waals surface area (Å²) in [6, 6.07) is 4.49. The molecule has 9 heteroatoms. The van der Waals surface area contributed by atoms with E-state index in [1.54, 1.807) is 0 Å². The summed E-state index contributed by atoms with van der Waals surface area (Å²) in [6.45, 7) is 1.59. The van der Waals surface area contributed by atoms with Gasteiger partial charge in [-0.05, 0) is 25.1 Å². The zero-order chi connectivity index (χ0) is 16.6. The van der Waals surface area contributed by atoms with Crippen molar-refractivity contribution in [1.82, 2.24) is 4.90 Å². The third kappa shape index (κ3) is 2.81. The number of carbonyl (C=O) groups excluding carboxylic acids is 1. The summed E-state index contributed by atoms with van der Waals surface area (Å²) in [4.78, 5) is 25.2. The zero-order valence-electron chi connectivity index (χ0n) is 12.2. The molecule has 1 aliphatic rings. The Kier molecular flexibility index (Phi) is 3.85. The Balaban J connectivity index is 1.86. The van der Waals surface area contributed by atoms with E-state index in [4.69, 9.17) is 4.42 Å². The maximum absolute atomic E-state index is 12.2. The predicted octanol–water partition coefficient (Wildman–Crippen LogP) is 2.36. The van der Waals surface area contributed by atoms with Crippen LogP contribution < -0.4 is 5.32 Å². The number of nitrogens with zero attached hydrogens (tertiary/aromatic N) is 3. The van der Waals surface area contributed by atoms with E-state index < -0.39 is 16.7 Å². The summed E-state index contributed by atoms with van der Waals surface area (Å²) in [5.74, 6) is -1.27. The van der Waals surface area contributed by atoms with Gasteiger partial charge in [0.15, 0.2) is 5.76 Å². The van der Waals surface area contributed by atoms with Gasteiger partial charge in [0.1, 0.15) is 16.0 Å². The number of nitro groups is 1. The molecular formula is C14H12N4O4S. The molecule has 0 saturated heterocycles. The summed E-state index contributed by atoms with van der Waals surface area (Å²) < 4.78 is 4.87. The van der Waals surface area contributed by atoms with Gasteiger partial charge in [-0.3, -0.25) is 14.9 Å². The molecule has 0 radical (unpaired) electrons. The van der Waals surface area contributed by atoms with Crippen LogP contribution in [0.25, 0.3) is 0 Å². The lowest BCUT2D eigenvalue weighted by atomic mass is 10.0. The Morgan fingerprint density at radius 2 is 2.35 bits per heavy atom. The minimum absolute atomic E-state index is 0.163. The number of fused-ring (bicyclic) bond motifs is 1. The molecule has 0 fully saturated rings. The van der Waals surface area contributed by atoms with Crippen LogP contribution in [0.4, 0.5) is 10.9 Å². The van der Waals surface area contributed by atoms with Crippen molar-refractivity contribution in [2.45, 2.75) is 13.0 Å². The molecule has 1 amide bonds. The number of likely N-dealkylation sites (N-methyl/N-ethyl adjacent to an activating group) is 1. The lowest BCUT2D eigenvalue weighted by Gasteiger charge is -2.21. The smallest absolute Gasteiger partial charge is 0.395 e. The first-order valence-corrected chi connectivity index (χ1v) is 7.60. The number of nitrogens with one attached hydrogen (secondary N) is 1. The van der Waals surface area contributed by atoms with Crippen molar-refractivity contribution in [3.63, 3.8) is 0 Å². The summed E-state index contributed by atoms with van der Waals surface area (Å²) in [7, 11) is 1.99. The molecule has 1 N–H and O–H groups in total. The van der Waals surface area contributed by atoms with Crippen LogP contribution in [0.1, 0.15) is 26.6 Å². The number of anilines is 1. The van der Waals surface area contributed by atoms with E-state index in [1.807, 2.05) is 7.05 Å². The van der Waals surface area contributed by atoms with Crippen molar-refractivity contribution < 1.29 is 14.1 Å². The summed E-state index contributed by atoms with van der Waals surface area (Å²) in [5, 5.41) is 23.0. The molecule has 2 aromatic heterocycles. The topological polar surface area (TPSA) is 112 Å². The third-order valence-electron chi connectivity index (χ3n) is 3.58. The largest absolute Gasteiger partial charge is 0.433 e. The molecule has 0 unspecified atom stereocenters. The van der Waals surface area contributed by atoms with Crippen molar-refractivity contribution in [1.29, 1.82) is 5.26 Å². The van der Waals surface area contributed by atoms with Gasteiger partial charge in [-0.2, -0.15) is 5.26 Å². The molecule has 0 atom stereocenters. The van der Waals surface area contributed by atoms with Crippen LogP contribution in [-0.2, 0) is 13.0 Å². The molecule has 118 valence electrons. The highest BCUT2D eigenvalue weighted by Crippen LogP contribution is 2.36. The normalized spacial score (nSPS) is 14.1. The number of furan rings is 1. The highest BCUT2D eigenvalue weighted by molar-refractivity contribution is 7.16. The molecule has 0 aliphatic carbocycles. The highest BCUT2D eigenvalue weighted by atomic mass is 32.1. The molecule has 23 heavy (non-hydrogen) atoms. The van der Waals surface area contributed by atoms with E-state index in [9.17, 15) is 20.2 Å². The van der Waals surface area contributed by atoms with E-state index in [0.717, 1.165) is 36.0 Å². The van der Waals surface area contributed by atoms with E-state index in [1.165, 1.54) is 17.4 Å². The Hall–Kier alpha value is -2.70. The highest BCUT2D eigenvalue weighted by Gasteiger charge is 2.25. The van der Waals surface area contributed by atoms with Crippen LogP contribution in [0.3, 0.4) is 0 Å². The first-order chi connectivity index (χ1) is 11.0. The standard InChI is InChI=1S/C14H12N4O4S/c1-17-5-4-8-9(6-15)14(23-11(8)7-17)16-13(19)10-2-3-12(22-10)18(20)21/h2-3H,4-5,7H2,1H3,(H,16,19). The van der Waals surface area contributed by atoms with Gasteiger partial charge in [0, 0.05) is 18.0 Å². The van der Waals surface area contributed by atoms with Gasteiger partial charge in [0.2, 0.25) is 0 Å². The molecule has 0 bridgehead atoms. The fourth-order valence-electron chi connectivity index (χ4n) is 2.45. The van der Waals surface area contributed by atoms with Gasteiger partial charge in [0.05, 0.1) is 11.6 Å². The Bertz CT molecular complexity index is 832. The van der Waals surface area contributed by atoms with Crippen LogP contribution in [0.2, 0.25) is 0 Å². The summed E-state index contributed by atoms with van der Waals surface area (Å²) in [5.41, 5.74) is 1.43. The molecule has 3 heterocycles. The van der Waals surface area contributed by atoms with Crippen molar-refractivity contribution >= 4 is 28.1 Å². The van der Waals surface area contributed by atoms with Gasteiger partial charge < -0.3 is 14.6 Å². The van der Waals surface area contributed by atoms with Gasteiger partial charge in [-0.15, -0.1) is 11.3 Å². The average molecular weight is 332 g/mol. The lowest BCUT2D eigenvalue weighted by molar-refractivity contribution is -0.402. The average Bonchev–Trinajstić information content (AvgIpc) is 3.10. The third-order valence-corrected chi connectivity index (χ3v) is 4.71. The Labute approximate surface area is 135 Å². The van der Waals surface area contributed by atoms with Crippen molar-refractivity contribution in [2.75, 3.05) is 18.9 Å². The number of hydrogen-bond donors (Lipinski definition) is 1. The maximum atomic E-state index is 12.2. The van der Waals surface area contributed by atoms with Crippen LogP contribution in [0, 0.1) is 21.4 Å². The monoisotopic (exact) mass is 332 g/mol. The predicted molar refractivity (Wildman–Crippen MR) is 82.4 cm³/mol. The number of rotatable bonds is 3. The minimum Gasteiger partial charge on any atom is -0.395 e. The molecule has 0 aromatic carbocycles. The van der Waals surface area contributed by atoms with Crippen LogP contribution >= 0.6 is 11.3 Å². The second-order valence-corrected chi connectivity index (χ2v) is 6.26. The minimum atomic E-state index is -0.711. The van der Waals surface area contributed by atoms with Gasteiger partial charge in [0.25, 0.3) is 5.91 Å². The molecule has 0 saturated carbocycles. The molecule has 3 rings (SSSR count). The number of thiophene rings is 1. The van der Waals surface area contributed by atoms with Crippen LogP contribution in [0.5, 0.6) is 0 Å². The van der Waals surface area contributed by atoms with E-state index in [-0.39, 0.29) is 5.76 Å². The second-order valence-electron chi connectivity index (χ2n) is 5.16. The SMILES string of the molecule is CN1CCc2c(sc(NC(=O)c3ccc([N+](=O)[O-])o3)c2C#N)C1. The second kappa shape index (κ2) is 5.83.